The summed E-state index contributed by atoms with van der Waals surface area (Å²) in [6.07, 6.45) is 2.87. The van der Waals surface area contributed by atoms with Gasteiger partial charge in [-0.1, -0.05) is 6.07 Å². The van der Waals surface area contributed by atoms with Crippen molar-refractivity contribution in [3.05, 3.63) is 82.1 Å². The third kappa shape index (κ3) is 3.96. The number of hydrogen-bond acceptors (Lipinski definition) is 5. The molecule has 4 rings (SSSR count). The van der Waals surface area contributed by atoms with Crippen LogP contribution in [0.5, 0.6) is 0 Å². The number of barbiturate groups is 1. The Bertz CT molecular complexity index is 1330. The van der Waals surface area contributed by atoms with Gasteiger partial charge in [-0.25, -0.2) is 9.59 Å². The Morgan fingerprint density at radius 2 is 1.88 bits per heavy atom. The third-order valence-corrected chi connectivity index (χ3v) is 5.55. The number of nitrogens with zero attached hydrogens (tertiary/aromatic N) is 2. The lowest BCUT2D eigenvalue weighted by Crippen LogP contribution is -2.53. The molecule has 9 heteroatoms. The average Bonchev–Trinajstić information content (AvgIpc) is 3.36. The van der Waals surface area contributed by atoms with E-state index >= 15 is 0 Å². The summed E-state index contributed by atoms with van der Waals surface area (Å²) in [6.45, 7) is 5.41. The summed E-state index contributed by atoms with van der Waals surface area (Å²) in [5.41, 5.74) is 3.61. The Hall–Kier alpha value is -4.40. The van der Waals surface area contributed by atoms with Crippen LogP contribution in [0.1, 0.15) is 38.6 Å². The van der Waals surface area contributed by atoms with Crippen molar-refractivity contribution >= 4 is 29.9 Å². The van der Waals surface area contributed by atoms with Crippen LogP contribution in [0.15, 0.2) is 52.7 Å². The number of nitrogens with one attached hydrogen (secondary N) is 1. The lowest BCUT2D eigenvalue weighted by molar-refractivity contribution is -0.130. The molecule has 1 aromatic carbocycles. The van der Waals surface area contributed by atoms with Gasteiger partial charge >= 0.3 is 12.0 Å². The maximum absolute atomic E-state index is 13.0. The topological polar surface area (TPSA) is 122 Å². The Balaban J connectivity index is 1.74. The SMILES string of the molecule is Cc1ccc(C(=O)O)cc1-n1c(C)cc(/C=C2\C(=O)NC(=O)N(Cc3ccco3)C2=O)c1C. The fourth-order valence-electron chi connectivity index (χ4n) is 3.84. The summed E-state index contributed by atoms with van der Waals surface area (Å²) in [5.74, 6) is -2.14. The smallest absolute Gasteiger partial charge is 0.335 e. The minimum absolute atomic E-state index is 0.109. The number of carbonyl (C=O) groups is 4. The van der Waals surface area contributed by atoms with E-state index in [1.807, 2.05) is 25.3 Å². The lowest BCUT2D eigenvalue weighted by atomic mass is 10.1. The van der Waals surface area contributed by atoms with E-state index in [1.165, 1.54) is 18.4 Å². The first-order valence-electron chi connectivity index (χ1n) is 10.1. The Labute approximate surface area is 188 Å². The van der Waals surface area contributed by atoms with Gasteiger partial charge in [-0.2, -0.15) is 0 Å². The number of hydrogen-bond donors (Lipinski definition) is 2. The Kier molecular flexibility index (Phi) is 5.47. The number of carbonyl (C=O) groups excluding carboxylic acids is 3. The van der Waals surface area contributed by atoms with Crippen molar-refractivity contribution in [2.24, 2.45) is 0 Å². The number of carboxylic acids is 1. The molecule has 0 saturated carbocycles. The standard InChI is InChI=1S/C24H21N3O6/c1-13-6-7-16(23(30)31)11-20(13)27-14(2)9-17(15(27)3)10-19-21(28)25-24(32)26(22(19)29)12-18-5-4-8-33-18/h4-11H,12H2,1-3H3,(H,30,31)(H,25,28,32)/b19-10+. The zero-order valence-electron chi connectivity index (χ0n) is 18.2. The van der Waals surface area contributed by atoms with Gasteiger partial charge in [0, 0.05) is 17.1 Å². The van der Waals surface area contributed by atoms with E-state index in [4.69, 9.17) is 4.42 Å². The van der Waals surface area contributed by atoms with Gasteiger partial charge in [-0.15, -0.1) is 0 Å². The maximum Gasteiger partial charge on any atom is 0.335 e. The largest absolute Gasteiger partial charge is 0.478 e. The maximum atomic E-state index is 13.0. The van der Waals surface area contributed by atoms with Crippen molar-refractivity contribution in [1.82, 2.24) is 14.8 Å². The predicted octanol–water partition coefficient (Wildman–Crippen LogP) is 3.36. The first kappa shape index (κ1) is 21.8. The highest BCUT2D eigenvalue weighted by Crippen LogP contribution is 2.27. The molecule has 2 aromatic heterocycles. The van der Waals surface area contributed by atoms with Gasteiger partial charge in [-0.3, -0.25) is 19.8 Å². The van der Waals surface area contributed by atoms with E-state index in [0.29, 0.717) is 22.7 Å². The molecule has 9 nitrogen and oxygen atoms in total. The number of carboxylic acid groups (broad SMARTS) is 1. The van der Waals surface area contributed by atoms with Gasteiger partial charge in [0.2, 0.25) is 0 Å². The minimum atomic E-state index is -1.04. The van der Waals surface area contributed by atoms with Gasteiger partial charge in [0.1, 0.15) is 11.3 Å². The van der Waals surface area contributed by atoms with Crippen molar-refractivity contribution in [3.8, 4) is 5.69 Å². The van der Waals surface area contributed by atoms with E-state index in [2.05, 4.69) is 5.32 Å². The number of benzene rings is 1. The van der Waals surface area contributed by atoms with Crippen LogP contribution in [0.4, 0.5) is 4.79 Å². The van der Waals surface area contributed by atoms with Crippen molar-refractivity contribution in [1.29, 1.82) is 0 Å². The zero-order chi connectivity index (χ0) is 23.9. The number of imide groups is 2. The van der Waals surface area contributed by atoms with Crippen LogP contribution in [0.25, 0.3) is 11.8 Å². The predicted molar refractivity (Wildman–Crippen MR) is 118 cm³/mol. The fraction of sp³-hybridized carbons (Fsp3) is 0.167. The number of aromatic nitrogens is 1. The zero-order valence-corrected chi connectivity index (χ0v) is 18.2. The molecule has 4 amide bonds. The summed E-state index contributed by atoms with van der Waals surface area (Å²) < 4.78 is 7.08. The van der Waals surface area contributed by atoms with Crippen LogP contribution < -0.4 is 5.32 Å². The molecule has 1 aliphatic rings. The highest BCUT2D eigenvalue weighted by atomic mass is 16.4. The third-order valence-electron chi connectivity index (χ3n) is 5.55. The number of amides is 4. The van der Waals surface area contributed by atoms with Crippen molar-refractivity contribution in [2.45, 2.75) is 27.3 Å². The second-order valence-corrected chi connectivity index (χ2v) is 7.76. The van der Waals surface area contributed by atoms with Gasteiger partial charge in [0.25, 0.3) is 11.8 Å². The molecule has 0 radical (unpaired) electrons. The van der Waals surface area contributed by atoms with Crippen molar-refractivity contribution in [3.63, 3.8) is 0 Å². The van der Waals surface area contributed by atoms with E-state index < -0.39 is 23.8 Å². The van der Waals surface area contributed by atoms with E-state index in [1.54, 1.807) is 30.3 Å². The number of rotatable bonds is 5. The normalized spacial score (nSPS) is 15.3. The second-order valence-electron chi connectivity index (χ2n) is 7.76. The number of aromatic carboxylic acids is 1. The first-order valence-corrected chi connectivity index (χ1v) is 10.1. The van der Waals surface area contributed by atoms with Gasteiger partial charge < -0.3 is 14.1 Å². The summed E-state index contributed by atoms with van der Waals surface area (Å²) in [7, 11) is 0. The lowest BCUT2D eigenvalue weighted by Gasteiger charge is -2.25. The van der Waals surface area contributed by atoms with Gasteiger partial charge in [0.05, 0.1) is 18.4 Å². The molecule has 0 bridgehead atoms. The molecule has 3 heterocycles. The van der Waals surface area contributed by atoms with E-state index in [9.17, 15) is 24.3 Å². The molecular formula is C24H21N3O6. The average molecular weight is 447 g/mol. The number of furan rings is 1. The summed E-state index contributed by atoms with van der Waals surface area (Å²) >= 11 is 0. The molecule has 33 heavy (non-hydrogen) atoms. The molecule has 168 valence electrons. The molecule has 0 atom stereocenters. The molecule has 0 unspecified atom stereocenters. The monoisotopic (exact) mass is 447 g/mol. The first-order chi connectivity index (χ1) is 15.7. The van der Waals surface area contributed by atoms with Gasteiger partial charge in [-0.05, 0) is 68.3 Å². The summed E-state index contributed by atoms with van der Waals surface area (Å²) in [5, 5.41) is 11.6. The van der Waals surface area contributed by atoms with E-state index in [-0.39, 0.29) is 17.7 Å². The van der Waals surface area contributed by atoms with E-state index in [0.717, 1.165) is 16.2 Å². The van der Waals surface area contributed by atoms with Crippen LogP contribution in [0.2, 0.25) is 0 Å². The number of aryl methyl sites for hydroxylation is 2. The number of urea groups is 1. The van der Waals surface area contributed by atoms with Gasteiger partial charge in [0.15, 0.2) is 0 Å². The highest BCUT2D eigenvalue weighted by Gasteiger charge is 2.36. The van der Waals surface area contributed by atoms with Crippen molar-refractivity contribution in [2.75, 3.05) is 0 Å². The second kappa shape index (κ2) is 8.27. The quantitative estimate of drug-likeness (QED) is 0.457. The molecule has 1 aliphatic heterocycles. The minimum Gasteiger partial charge on any atom is -0.478 e. The summed E-state index contributed by atoms with van der Waals surface area (Å²) in [6, 6.07) is 9.09. The molecule has 1 fully saturated rings. The van der Waals surface area contributed by atoms with Crippen LogP contribution in [-0.4, -0.2) is 38.4 Å². The van der Waals surface area contributed by atoms with Crippen LogP contribution >= 0.6 is 0 Å². The van der Waals surface area contributed by atoms with Crippen LogP contribution in [0, 0.1) is 20.8 Å². The fourth-order valence-corrected chi connectivity index (χ4v) is 3.84. The summed E-state index contributed by atoms with van der Waals surface area (Å²) in [4.78, 5) is 50.0. The molecule has 0 aliphatic carbocycles. The van der Waals surface area contributed by atoms with Crippen LogP contribution in [0.3, 0.4) is 0 Å². The molecule has 1 saturated heterocycles. The Morgan fingerprint density at radius 1 is 1.12 bits per heavy atom. The molecule has 2 N–H and O–H groups in total. The molecule has 0 spiro atoms. The molecule has 3 aromatic rings. The van der Waals surface area contributed by atoms with Crippen molar-refractivity contribution < 1.29 is 28.7 Å². The van der Waals surface area contributed by atoms with Crippen LogP contribution in [-0.2, 0) is 16.1 Å². The highest BCUT2D eigenvalue weighted by molar-refractivity contribution is 6.31. The molecular weight excluding hydrogens is 426 g/mol. The Morgan fingerprint density at radius 3 is 2.55 bits per heavy atom.